The molecule has 2 aliphatic heterocycles. The summed E-state index contributed by atoms with van der Waals surface area (Å²) in [6, 6.07) is 10.3. The number of sulfone groups is 1. The van der Waals surface area contributed by atoms with E-state index < -0.39 is 15.9 Å². The quantitative estimate of drug-likeness (QED) is 0.789. The molecule has 0 radical (unpaired) electrons. The summed E-state index contributed by atoms with van der Waals surface area (Å²) in [5.41, 5.74) is 2.58. The van der Waals surface area contributed by atoms with Crippen LogP contribution in [0.3, 0.4) is 0 Å². The van der Waals surface area contributed by atoms with Crippen LogP contribution in [0.5, 0.6) is 5.75 Å². The van der Waals surface area contributed by atoms with E-state index in [1.807, 2.05) is 6.07 Å². The molecule has 7 heteroatoms. The summed E-state index contributed by atoms with van der Waals surface area (Å²) in [5.74, 6) is 0.586. The average Bonchev–Trinajstić information content (AvgIpc) is 3.02. The monoisotopic (exact) mass is 391 g/mol. The highest BCUT2D eigenvalue weighted by Crippen LogP contribution is 2.34. The Kier molecular flexibility index (Phi) is 4.20. The lowest BCUT2D eigenvalue weighted by Gasteiger charge is -2.31. The Labute approximate surface area is 157 Å². The molecule has 2 aliphatic rings. The molecule has 136 valence electrons. The molecule has 1 unspecified atom stereocenters. The number of carbonyl (C=O) groups is 1. The van der Waals surface area contributed by atoms with Crippen molar-refractivity contribution in [1.29, 1.82) is 0 Å². The van der Waals surface area contributed by atoms with Crippen LogP contribution in [0.2, 0.25) is 5.02 Å². The predicted octanol–water partition coefficient (Wildman–Crippen LogP) is 3.03. The highest BCUT2D eigenvalue weighted by Gasteiger charge is 2.35. The van der Waals surface area contributed by atoms with Crippen molar-refractivity contribution in [3.05, 3.63) is 52.5 Å². The molecule has 0 saturated heterocycles. The van der Waals surface area contributed by atoms with E-state index in [0.29, 0.717) is 23.7 Å². The van der Waals surface area contributed by atoms with Gasteiger partial charge in [-0.1, -0.05) is 11.6 Å². The Balaban J connectivity index is 1.61. The molecule has 2 heterocycles. The zero-order valence-corrected chi connectivity index (χ0v) is 15.8. The van der Waals surface area contributed by atoms with E-state index in [2.05, 4.69) is 0 Å². The van der Waals surface area contributed by atoms with Crippen molar-refractivity contribution in [2.45, 2.75) is 30.3 Å². The number of ether oxygens (including phenoxy) is 1. The predicted molar refractivity (Wildman–Crippen MR) is 99.8 cm³/mol. The largest absolute Gasteiger partial charge is 0.480 e. The number of carbonyl (C=O) groups excluding carboxylic acids is 1. The highest BCUT2D eigenvalue weighted by molar-refractivity contribution is 7.90. The second-order valence-corrected chi connectivity index (χ2v) is 9.17. The van der Waals surface area contributed by atoms with Crippen LogP contribution in [0.25, 0.3) is 0 Å². The number of rotatable bonds is 2. The SMILES string of the molecule is CS(=O)(=O)c1ccc2c(c1)CCCN2C(=O)C1Cc2cc(Cl)ccc2O1. The molecule has 0 bridgehead atoms. The van der Waals surface area contributed by atoms with Crippen molar-refractivity contribution in [2.75, 3.05) is 17.7 Å². The Bertz CT molecular complexity index is 1000. The Morgan fingerprint density at radius 1 is 1.19 bits per heavy atom. The van der Waals surface area contributed by atoms with Gasteiger partial charge in [-0.05, 0) is 60.4 Å². The highest BCUT2D eigenvalue weighted by atomic mass is 35.5. The molecule has 2 aromatic rings. The summed E-state index contributed by atoms with van der Waals surface area (Å²) in [5, 5.41) is 0.622. The molecule has 26 heavy (non-hydrogen) atoms. The Morgan fingerprint density at radius 2 is 2.00 bits per heavy atom. The van der Waals surface area contributed by atoms with Crippen molar-refractivity contribution in [3.63, 3.8) is 0 Å². The Morgan fingerprint density at radius 3 is 2.77 bits per heavy atom. The summed E-state index contributed by atoms with van der Waals surface area (Å²) in [6.45, 7) is 0.598. The molecule has 0 saturated carbocycles. The third-order valence-electron chi connectivity index (χ3n) is 4.84. The summed E-state index contributed by atoms with van der Waals surface area (Å²) >= 11 is 6.02. The molecule has 5 nitrogen and oxygen atoms in total. The summed E-state index contributed by atoms with van der Waals surface area (Å²) in [7, 11) is -3.27. The van der Waals surface area contributed by atoms with E-state index in [1.165, 1.54) is 6.26 Å². The zero-order valence-electron chi connectivity index (χ0n) is 14.2. The maximum atomic E-state index is 13.0. The summed E-state index contributed by atoms with van der Waals surface area (Å²) in [4.78, 5) is 15.0. The maximum absolute atomic E-state index is 13.0. The van der Waals surface area contributed by atoms with E-state index in [9.17, 15) is 13.2 Å². The molecule has 1 amide bonds. The maximum Gasteiger partial charge on any atom is 0.268 e. The first-order chi connectivity index (χ1) is 12.3. The number of hydrogen-bond acceptors (Lipinski definition) is 4. The van der Waals surface area contributed by atoms with Gasteiger partial charge in [0.25, 0.3) is 5.91 Å². The lowest BCUT2D eigenvalue weighted by Crippen LogP contribution is -2.44. The van der Waals surface area contributed by atoms with Gasteiger partial charge in [0.2, 0.25) is 0 Å². The third-order valence-corrected chi connectivity index (χ3v) is 6.18. The fraction of sp³-hybridized carbons (Fsp3) is 0.316. The second kappa shape index (κ2) is 6.28. The number of aryl methyl sites for hydroxylation is 1. The molecule has 4 rings (SSSR count). The second-order valence-electron chi connectivity index (χ2n) is 6.72. The summed E-state index contributed by atoms with van der Waals surface area (Å²) < 4.78 is 29.4. The fourth-order valence-corrected chi connectivity index (χ4v) is 4.43. The molecular formula is C19H18ClNO4S. The Hall–Kier alpha value is -2.05. The molecule has 1 atom stereocenters. The van der Waals surface area contributed by atoms with Gasteiger partial charge < -0.3 is 9.64 Å². The van der Waals surface area contributed by atoms with Gasteiger partial charge in [0.05, 0.1) is 4.90 Å². The van der Waals surface area contributed by atoms with Crippen LogP contribution in [-0.2, 0) is 27.5 Å². The molecule has 2 aromatic carbocycles. The number of nitrogens with zero attached hydrogens (tertiary/aromatic N) is 1. The number of anilines is 1. The minimum atomic E-state index is -3.27. The molecule has 0 aliphatic carbocycles. The van der Waals surface area contributed by atoms with E-state index in [0.717, 1.165) is 29.7 Å². The standard InChI is InChI=1S/C19H18ClNO4S/c1-26(23,24)15-5-6-16-12(10-15)3-2-8-21(16)19(22)18-11-13-9-14(20)4-7-17(13)25-18/h4-7,9-10,18H,2-3,8,11H2,1H3. The number of hydrogen-bond donors (Lipinski definition) is 0. The van der Waals surface area contributed by atoms with Crippen molar-refractivity contribution >= 4 is 33.0 Å². The lowest BCUT2D eigenvalue weighted by molar-refractivity contribution is -0.124. The molecular weight excluding hydrogens is 374 g/mol. The van der Waals surface area contributed by atoms with E-state index >= 15 is 0 Å². The van der Waals surface area contributed by atoms with Gasteiger partial charge in [-0.3, -0.25) is 4.79 Å². The summed E-state index contributed by atoms with van der Waals surface area (Å²) in [6.07, 6.45) is 2.64. The minimum Gasteiger partial charge on any atom is -0.480 e. The van der Waals surface area contributed by atoms with Crippen molar-refractivity contribution < 1.29 is 17.9 Å². The van der Waals surface area contributed by atoms with Crippen LogP contribution in [0.1, 0.15) is 17.5 Å². The van der Waals surface area contributed by atoms with Crippen molar-refractivity contribution in [1.82, 2.24) is 0 Å². The lowest BCUT2D eigenvalue weighted by atomic mass is 10.0. The molecule has 0 N–H and O–H groups in total. The topological polar surface area (TPSA) is 63.7 Å². The van der Waals surface area contributed by atoms with Gasteiger partial charge in [-0.15, -0.1) is 0 Å². The normalized spacial score (nSPS) is 18.8. The van der Waals surface area contributed by atoms with Gasteiger partial charge in [0.15, 0.2) is 15.9 Å². The number of halogens is 1. The van der Waals surface area contributed by atoms with E-state index in [4.69, 9.17) is 16.3 Å². The third kappa shape index (κ3) is 3.08. The van der Waals surface area contributed by atoms with Crippen LogP contribution in [0, 0.1) is 0 Å². The van der Waals surface area contributed by atoms with Crippen molar-refractivity contribution in [2.24, 2.45) is 0 Å². The van der Waals surface area contributed by atoms with Crippen molar-refractivity contribution in [3.8, 4) is 5.75 Å². The van der Waals surface area contributed by atoms with Crippen LogP contribution in [0.15, 0.2) is 41.3 Å². The zero-order chi connectivity index (χ0) is 18.5. The van der Waals surface area contributed by atoms with Gasteiger partial charge in [-0.2, -0.15) is 0 Å². The first-order valence-electron chi connectivity index (χ1n) is 8.42. The average molecular weight is 392 g/mol. The van der Waals surface area contributed by atoms with Gasteiger partial charge in [-0.25, -0.2) is 8.42 Å². The number of benzene rings is 2. The molecule has 0 spiro atoms. The van der Waals surface area contributed by atoms with Crippen LogP contribution in [-0.4, -0.2) is 33.2 Å². The van der Waals surface area contributed by atoms with Crippen LogP contribution in [0.4, 0.5) is 5.69 Å². The van der Waals surface area contributed by atoms with Gasteiger partial charge in [0.1, 0.15) is 5.75 Å². The molecule has 0 fully saturated rings. The first-order valence-corrected chi connectivity index (χ1v) is 10.7. The smallest absolute Gasteiger partial charge is 0.268 e. The van der Waals surface area contributed by atoms with Gasteiger partial charge in [0, 0.05) is 29.9 Å². The number of amides is 1. The van der Waals surface area contributed by atoms with Crippen LogP contribution >= 0.6 is 11.6 Å². The van der Waals surface area contributed by atoms with Gasteiger partial charge >= 0.3 is 0 Å². The number of fused-ring (bicyclic) bond motifs is 2. The molecule has 0 aromatic heterocycles. The van der Waals surface area contributed by atoms with E-state index in [-0.39, 0.29) is 10.8 Å². The first kappa shape index (κ1) is 17.4. The fourth-order valence-electron chi connectivity index (χ4n) is 3.56. The minimum absolute atomic E-state index is 0.106. The van der Waals surface area contributed by atoms with Crippen LogP contribution < -0.4 is 9.64 Å². The van der Waals surface area contributed by atoms with E-state index in [1.54, 1.807) is 35.2 Å².